The zero-order chi connectivity index (χ0) is 13.2. The Hall–Kier alpha value is -1.48. The van der Waals surface area contributed by atoms with Gasteiger partial charge in [-0.05, 0) is 16.7 Å². The van der Waals surface area contributed by atoms with E-state index in [2.05, 4.69) is 0 Å². The van der Waals surface area contributed by atoms with Crippen molar-refractivity contribution in [2.45, 2.75) is 11.6 Å². The van der Waals surface area contributed by atoms with Crippen LogP contribution in [0.2, 0.25) is 0 Å². The molecule has 0 saturated carbocycles. The van der Waals surface area contributed by atoms with Gasteiger partial charge in [-0.3, -0.25) is 0 Å². The van der Waals surface area contributed by atoms with Gasteiger partial charge in [-0.15, -0.1) is 11.6 Å². The van der Waals surface area contributed by atoms with Gasteiger partial charge in [0.25, 0.3) is 0 Å². The van der Waals surface area contributed by atoms with Crippen LogP contribution < -0.4 is 0 Å². The molecule has 0 amide bonds. The molecule has 0 aromatic heterocycles. The molecule has 1 atom stereocenters. The molecule has 0 radical (unpaired) electrons. The highest BCUT2D eigenvalue weighted by atomic mass is 35.5. The normalized spacial score (nSPS) is 13.3. The number of rotatable bonds is 2. The van der Waals surface area contributed by atoms with Crippen LogP contribution in [0.15, 0.2) is 54.6 Å². The first-order valence-corrected chi connectivity index (χ1v) is 5.78. The van der Waals surface area contributed by atoms with Crippen molar-refractivity contribution < 1.29 is 13.2 Å². The van der Waals surface area contributed by atoms with Crippen LogP contribution in [0.3, 0.4) is 0 Å². The third-order valence-corrected chi connectivity index (χ3v) is 3.10. The van der Waals surface area contributed by atoms with Crippen LogP contribution in [0.4, 0.5) is 13.2 Å². The minimum absolute atomic E-state index is 0.0591. The van der Waals surface area contributed by atoms with E-state index in [4.69, 9.17) is 11.6 Å². The number of benzene rings is 2. The highest BCUT2D eigenvalue weighted by Crippen LogP contribution is 2.38. The van der Waals surface area contributed by atoms with Crippen molar-refractivity contribution in [1.82, 2.24) is 0 Å². The summed E-state index contributed by atoms with van der Waals surface area (Å²) in [4.78, 5) is 0. The summed E-state index contributed by atoms with van der Waals surface area (Å²) in [6.45, 7) is 0. The predicted octanol–water partition coefficient (Wildman–Crippen LogP) is 5.20. The Morgan fingerprint density at radius 1 is 0.778 bits per heavy atom. The molecule has 0 aliphatic heterocycles. The van der Waals surface area contributed by atoms with Gasteiger partial charge in [0, 0.05) is 0 Å². The largest absolute Gasteiger partial charge is 0.408 e. The van der Waals surface area contributed by atoms with Gasteiger partial charge in [-0.1, -0.05) is 54.6 Å². The maximum atomic E-state index is 12.4. The zero-order valence-electron chi connectivity index (χ0n) is 9.29. The highest BCUT2D eigenvalue weighted by Gasteiger charge is 2.39. The van der Waals surface area contributed by atoms with Crippen LogP contribution in [0, 0.1) is 0 Å². The fraction of sp³-hybridized carbons (Fsp3) is 0.143. The summed E-state index contributed by atoms with van der Waals surface area (Å²) in [5.41, 5.74) is 1.89. The minimum atomic E-state index is -4.42. The molecule has 1 unspecified atom stereocenters. The Bertz CT molecular complexity index is 503. The summed E-state index contributed by atoms with van der Waals surface area (Å²) >= 11 is 5.36. The molecule has 0 heterocycles. The highest BCUT2D eigenvalue weighted by molar-refractivity contribution is 6.21. The molecular weight excluding hydrogens is 261 g/mol. The van der Waals surface area contributed by atoms with E-state index in [1.165, 1.54) is 12.1 Å². The van der Waals surface area contributed by atoms with Gasteiger partial charge in [0.1, 0.15) is 0 Å². The van der Waals surface area contributed by atoms with E-state index in [0.29, 0.717) is 0 Å². The standard InChI is InChI=1S/C14H10ClF3/c15-13(14(16,17)18)12-8-6-11(7-9-12)10-4-2-1-3-5-10/h1-9,13H. The van der Waals surface area contributed by atoms with Gasteiger partial charge in [0.15, 0.2) is 5.38 Å². The molecular formula is C14H10ClF3. The summed E-state index contributed by atoms with van der Waals surface area (Å²) in [7, 11) is 0. The molecule has 2 aromatic rings. The van der Waals surface area contributed by atoms with E-state index in [0.717, 1.165) is 11.1 Å². The topological polar surface area (TPSA) is 0 Å². The van der Waals surface area contributed by atoms with Gasteiger partial charge in [-0.25, -0.2) is 0 Å². The number of halogens is 4. The SMILES string of the molecule is FC(F)(F)C(Cl)c1ccc(-c2ccccc2)cc1. The number of alkyl halides is 4. The van der Waals surface area contributed by atoms with E-state index in [9.17, 15) is 13.2 Å². The van der Waals surface area contributed by atoms with E-state index in [-0.39, 0.29) is 5.56 Å². The van der Waals surface area contributed by atoms with Crippen LogP contribution in [0.1, 0.15) is 10.9 Å². The van der Waals surface area contributed by atoms with E-state index in [1.54, 1.807) is 12.1 Å². The molecule has 0 saturated heterocycles. The molecule has 0 aliphatic rings. The molecule has 4 heteroatoms. The monoisotopic (exact) mass is 270 g/mol. The Balaban J connectivity index is 2.26. The zero-order valence-corrected chi connectivity index (χ0v) is 10.0. The Kier molecular flexibility index (Phi) is 3.62. The molecule has 0 bridgehead atoms. The summed E-state index contributed by atoms with van der Waals surface area (Å²) in [5.74, 6) is 0. The van der Waals surface area contributed by atoms with Gasteiger partial charge in [0.05, 0.1) is 0 Å². The lowest BCUT2D eigenvalue weighted by atomic mass is 10.0. The summed E-state index contributed by atoms with van der Waals surface area (Å²) in [6, 6.07) is 15.6. The summed E-state index contributed by atoms with van der Waals surface area (Å²) in [6.07, 6.45) is -4.42. The van der Waals surface area contributed by atoms with Crippen molar-refractivity contribution in [2.75, 3.05) is 0 Å². The molecule has 0 nitrogen and oxygen atoms in total. The molecule has 94 valence electrons. The van der Waals surface area contributed by atoms with Crippen molar-refractivity contribution >= 4 is 11.6 Å². The first kappa shape index (κ1) is 13.0. The van der Waals surface area contributed by atoms with E-state index < -0.39 is 11.6 Å². The lowest BCUT2D eigenvalue weighted by Gasteiger charge is -2.14. The maximum absolute atomic E-state index is 12.4. The average Bonchev–Trinajstić information content (AvgIpc) is 2.38. The quantitative estimate of drug-likeness (QED) is 0.658. The van der Waals surface area contributed by atoms with Crippen molar-refractivity contribution in [3.8, 4) is 11.1 Å². The average molecular weight is 271 g/mol. The van der Waals surface area contributed by atoms with Gasteiger partial charge in [0.2, 0.25) is 0 Å². The molecule has 0 spiro atoms. The van der Waals surface area contributed by atoms with Crippen molar-refractivity contribution in [3.05, 3.63) is 60.2 Å². The Labute approximate surface area is 108 Å². The third-order valence-electron chi connectivity index (χ3n) is 2.60. The van der Waals surface area contributed by atoms with E-state index in [1.807, 2.05) is 30.3 Å². The lowest BCUT2D eigenvalue weighted by molar-refractivity contribution is -0.131. The van der Waals surface area contributed by atoms with Crippen LogP contribution in [0.5, 0.6) is 0 Å². The lowest BCUT2D eigenvalue weighted by Crippen LogP contribution is -2.15. The summed E-state index contributed by atoms with van der Waals surface area (Å²) < 4.78 is 37.3. The van der Waals surface area contributed by atoms with Crippen LogP contribution in [-0.2, 0) is 0 Å². The van der Waals surface area contributed by atoms with Crippen molar-refractivity contribution in [2.24, 2.45) is 0 Å². The predicted molar refractivity (Wildman–Crippen MR) is 66.5 cm³/mol. The first-order chi connectivity index (χ1) is 8.48. The first-order valence-electron chi connectivity index (χ1n) is 5.34. The molecule has 2 rings (SSSR count). The molecule has 0 aliphatic carbocycles. The second-order valence-corrected chi connectivity index (χ2v) is 4.33. The Morgan fingerprint density at radius 3 is 1.78 bits per heavy atom. The molecule has 0 N–H and O–H groups in total. The van der Waals surface area contributed by atoms with E-state index >= 15 is 0 Å². The second-order valence-electron chi connectivity index (χ2n) is 3.89. The van der Waals surface area contributed by atoms with Crippen LogP contribution >= 0.6 is 11.6 Å². The summed E-state index contributed by atoms with van der Waals surface area (Å²) in [5, 5.41) is -1.96. The molecule has 0 fully saturated rings. The van der Waals surface area contributed by atoms with Crippen LogP contribution in [-0.4, -0.2) is 6.18 Å². The van der Waals surface area contributed by atoms with Crippen LogP contribution in [0.25, 0.3) is 11.1 Å². The molecule has 18 heavy (non-hydrogen) atoms. The second kappa shape index (κ2) is 5.02. The van der Waals surface area contributed by atoms with Crippen molar-refractivity contribution in [1.29, 1.82) is 0 Å². The third kappa shape index (κ3) is 2.85. The Morgan fingerprint density at radius 2 is 1.28 bits per heavy atom. The molecule has 2 aromatic carbocycles. The van der Waals surface area contributed by atoms with Gasteiger partial charge < -0.3 is 0 Å². The maximum Gasteiger partial charge on any atom is 0.408 e. The number of hydrogen-bond donors (Lipinski definition) is 0. The van der Waals surface area contributed by atoms with Crippen molar-refractivity contribution in [3.63, 3.8) is 0 Å². The minimum Gasteiger partial charge on any atom is -0.169 e. The van der Waals surface area contributed by atoms with Gasteiger partial charge >= 0.3 is 6.18 Å². The fourth-order valence-corrected chi connectivity index (χ4v) is 1.81. The smallest absolute Gasteiger partial charge is 0.169 e. The number of hydrogen-bond acceptors (Lipinski definition) is 0. The fourth-order valence-electron chi connectivity index (χ4n) is 1.66. The van der Waals surface area contributed by atoms with Gasteiger partial charge in [-0.2, -0.15) is 13.2 Å².